The van der Waals surface area contributed by atoms with Gasteiger partial charge in [-0.05, 0) is 56.2 Å². The molecule has 1 aromatic heterocycles. The van der Waals surface area contributed by atoms with Gasteiger partial charge in [-0.1, -0.05) is 12.1 Å². The summed E-state index contributed by atoms with van der Waals surface area (Å²) in [7, 11) is 0. The number of ether oxygens (including phenoxy) is 1. The summed E-state index contributed by atoms with van der Waals surface area (Å²) in [5.41, 5.74) is 3.51. The molecule has 1 amide bonds. The van der Waals surface area contributed by atoms with Crippen molar-refractivity contribution in [1.29, 1.82) is 0 Å². The molecule has 1 aliphatic rings. The van der Waals surface area contributed by atoms with Crippen LogP contribution in [0.3, 0.4) is 0 Å². The fourth-order valence-electron chi connectivity index (χ4n) is 2.60. The van der Waals surface area contributed by atoms with Crippen LogP contribution in [-0.2, 0) is 4.79 Å². The number of aromatic nitrogens is 2. The molecule has 1 atom stereocenters. The summed E-state index contributed by atoms with van der Waals surface area (Å²) in [6.45, 7) is 1.76. The molecule has 0 spiro atoms. The molecule has 2 aromatic carbocycles. The number of hydrogen-bond acceptors (Lipinski definition) is 4. The van der Waals surface area contributed by atoms with Gasteiger partial charge in [0.2, 0.25) is 0 Å². The summed E-state index contributed by atoms with van der Waals surface area (Å²) in [5, 5.41) is 2.95. The standard InChI is InChI=1S/C20H19N3O2/c1-13(20(24)22-15-8-9-15)25-16-10-6-14(7-11-16)19-12-21-17-4-2-3-5-18(17)23-19/h2-7,10-13,15H,8-9H2,1H3,(H,22,24). The highest BCUT2D eigenvalue weighted by atomic mass is 16.5. The maximum Gasteiger partial charge on any atom is 0.260 e. The van der Waals surface area contributed by atoms with E-state index in [0.29, 0.717) is 11.8 Å². The maximum absolute atomic E-state index is 12.0. The zero-order chi connectivity index (χ0) is 17.2. The van der Waals surface area contributed by atoms with E-state index in [9.17, 15) is 4.79 Å². The third kappa shape index (κ3) is 3.60. The number of carbonyl (C=O) groups excluding carboxylic acids is 1. The molecule has 0 bridgehead atoms. The van der Waals surface area contributed by atoms with Gasteiger partial charge in [0, 0.05) is 11.6 Å². The lowest BCUT2D eigenvalue weighted by Crippen LogP contribution is -2.37. The predicted molar refractivity (Wildman–Crippen MR) is 96.2 cm³/mol. The highest BCUT2D eigenvalue weighted by Gasteiger charge is 2.26. The number of fused-ring (bicyclic) bond motifs is 1. The Bertz CT molecular complexity index is 904. The molecule has 1 unspecified atom stereocenters. The number of nitrogens with one attached hydrogen (secondary N) is 1. The Morgan fingerprint density at radius 1 is 1.12 bits per heavy atom. The second-order valence-electron chi connectivity index (χ2n) is 6.31. The average molecular weight is 333 g/mol. The summed E-state index contributed by atoms with van der Waals surface area (Å²) < 4.78 is 5.72. The van der Waals surface area contributed by atoms with Gasteiger partial charge in [0.1, 0.15) is 5.75 Å². The summed E-state index contributed by atoms with van der Waals surface area (Å²) in [5.74, 6) is 0.600. The molecular weight excluding hydrogens is 314 g/mol. The molecule has 1 fully saturated rings. The van der Waals surface area contributed by atoms with E-state index >= 15 is 0 Å². The van der Waals surface area contributed by atoms with E-state index in [1.165, 1.54) is 0 Å². The van der Waals surface area contributed by atoms with Gasteiger partial charge in [0.05, 0.1) is 22.9 Å². The van der Waals surface area contributed by atoms with Crippen LogP contribution in [0.5, 0.6) is 5.75 Å². The van der Waals surface area contributed by atoms with Gasteiger partial charge in [-0.15, -0.1) is 0 Å². The van der Waals surface area contributed by atoms with Crippen molar-refractivity contribution in [2.45, 2.75) is 31.9 Å². The van der Waals surface area contributed by atoms with Gasteiger partial charge in [-0.3, -0.25) is 9.78 Å². The minimum Gasteiger partial charge on any atom is -0.481 e. The third-order valence-electron chi connectivity index (χ3n) is 4.20. The highest BCUT2D eigenvalue weighted by Crippen LogP contribution is 2.23. The molecule has 5 nitrogen and oxygen atoms in total. The van der Waals surface area contributed by atoms with E-state index in [1.807, 2.05) is 48.5 Å². The number of rotatable bonds is 5. The number of hydrogen-bond donors (Lipinski definition) is 1. The van der Waals surface area contributed by atoms with Crippen molar-refractivity contribution in [1.82, 2.24) is 15.3 Å². The molecule has 0 aliphatic heterocycles. The molecule has 1 heterocycles. The Morgan fingerprint density at radius 2 is 1.84 bits per heavy atom. The lowest BCUT2D eigenvalue weighted by atomic mass is 10.1. The number of carbonyl (C=O) groups is 1. The first-order valence-electron chi connectivity index (χ1n) is 8.48. The number of amides is 1. The van der Waals surface area contributed by atoms with Crippen LogP contribution in [0.15, 0.2) is 54.7 Å². The Hall–Kier alpha value is -2.95. The van der Waals surface area contributed by atoms with E-state index in [2.05, 4.69) is 15.3 Å². The summed E-state index contributed by atoms with van der Waals surface area (Å²) in [6.07, 6.45) is 3.40. The first-order chi connectivity index (χ1) is 12.2. The molecule has 126 valence electrons. The monoisotopic (exact) mass is 333 g/mol. The molecule has 1 aliphatic carbocycles. The van der Waals surface area contributed by atoms with Crippen LogP contribution in [0.1, 0.15) is 19.8 Å². The van der Waals surface area contributed by atoms with Crippen LogP contribution in [0.2, 0.25) is 0 Å². The molecule has 0 saturated heterocycles. The van der Waals surface area contributed by atoms with E-state index in [0.717, 1.165) is 35.1 Å². The molecule has 0 radical (unpaired) electrons. The fourth-order valence-corrected chi connectivity index (χ4v) is 2.60. The van der Waals surface area contributed by atoms with Gasteiger partial charge < -0.3 is 10.1 Å². The third-order valence-corrected chi connectivity index (χ3v) is 4.20. The van der Waals surface area contributed by atoms with Crippen molar-refractivity contribution in [3.63, 3.8) is 0 Å². The van der Waals surface area contributed by atoms with Gasteiger partial charge in [-0.2, -0.15) is 0 Å². The van der Waals surface area contributed by atoms with Gasteiger partial charge >= 0.3 is 0 Å². The summed E-state index contributed by atoms with van der Waals surface area (Å²) >= 11 is 0. The van der Waals surface area contributed by atoms with Gasteiger partial charge in [0.25, 0.3) is 5.91 Å². The maximum atomic E-state index is 12.0. The Kier molecular flexibility index (Phi) is 4.06. The van der Waals surface area contributed by atoms with Gasteiger partial charge in [0.15, 0.2) is 6.10 Å². The van der Waals surface area contributed by atoms with Crippen LogP contribution >= 0.6 is 0 Å². The van der Waals surface area contributed by atoms with Crippen LogP contribution in [-0.4, -0.2) is 28.0 Å². The predicted octanol–water partition coefficient (Wildman–Crippen LogP) is 3.34. The molecule has 1 saturated carbocycles. The smallest absolute Gasteiger partial charge is 0.260 e. The Balaban J connectivity index is 1.47. The van der Waals surface area contributed by atoms with Crippen molar-refractivity contribution in [3.05, 3.63) is 54.7 Å². The summed E-state index contributed by atoms with van der Waals surface area (Å²) in [6, 6.07) is 15.7. The Labute approximate surface area is 146 Å². The van der Waals surface area contributed by atoms with Crippen molar-refractivity contribution in [2.75, 3.05) is 0 Å². The minimum absolute atomic E-state index is 0.0630. The minimum atomic E-state index is -0.507. The second-order valence-corrected chi connectivity index (χ2v) is 6.31. The van der Waals surface area contributed by atoms with E-state index in [1.54, 1.807) is 13.1 Å². The number of nitrogens with zero attached hydrogens (tertiary/aromatic N) is 2. The lowest BCUT2D eigenvalue weighted by molar-refractivity contribution is -0.127. The number of benzene rings is 2. The quantitative estimate of drug-likeness (QED) is 0.778. The van der Waals surface area contributed by atoms with Crippen molar-refractivity contribution in [3.8, 4) is 17.0 Å². The van der Waals surface area contributed by atoms with Gasteiger partial charge in [-0.25, -0.2) is 4.98 Å². The van der Waals surface area contributed by atoms with Crippen LogP contribution in [0.4, 0.5) is 0 Å². The van der Waals surface area contributed by atoms with E-state index in [4.69, 9.17) is 4.74 Å². The molecule has 1 N–H and O–H groups in total. The normalized spacial score (nSPS) is 14.9. The zero-order valence-corrected chi connectivity index (χ0v) is 14.0. The molecular formula is C20H19N3O2. The van der Waals surface area contributed by atoms with E-state index < -0.39 is 6.10 Å². The topological polar surface area (TPSA) is 64.1 Å². The number of para-hydroxylation sites is 2. The first-order valence-corrected chi connectivity index (χ1v) is 8.48. The van der Waals surface area contributed by atoms with E-state index in [-0.39, 0.29) is 5.91 Å². The van der Waals surface area contributed by atoms with Crippen molar-refractivity contribution >= 4 is 16.9 Å². The van der Waals surface area contributed by atoms with Crippen LogP contribution in [0.25, 0.3) is 22.3 Å². The molecule has 3 aromatic rings. The van der Waals surface area contributed by atoms with Crippen LogP contribution < -0.4 is 10.1 Å². The molecule has 4 rings (SSSR count). The summed E-state index contributed by atoms with van der Waals surface area (Å²) in [4.78, 5) is 21.0. The molecule has 25 heavy (non-hydrogen) atoms. The first kappa shape index (κ1) is 15.6. The van der Waals surface area contributed by atoms with Crippen LogP contribution in [0, 0.1) is 0 Å². The highest BCUT2D eigenvalue weighted by molar-refractivity contribution is 5.81. The average Bonchev–Trinajstić information content (AvgIpc) is 3.46. The Morgan fingerprint density at radius 3 is 2.56 bits per heavy atom. The zero-order valence-electron chi connectivity index (χ0n) is 14.0. The van der Waals surface area contributed by atoms with Crippen molar-refractivity contribution < 1.29 is 9.53 Å². The fraction of sp³-hybridized carbons (Fsp3) is 0.250. The largest absolute Gasteiger partial charge is 0.481 e. The molecule has 5 heteroatoms. The lowest BCUT2D eigenvalue weighted by Gasteiger charge is -2.14. The van der Waals surface area contributed by atoms with Crippen molar-refractivity contribution in [2.24, 2.45) is 0 Å². The second kappa shape index (κ2) is 6.51. The SMILES string of the molecule is CC(Oc1ccc(-c2cnc3ccccc3n2)cc1)C(=O)NC1CC1.